The molecule has 40 heavy (non-hydrogen) atoms. The Bertz CT molecular complexity index is 1460. The van der Waals surface area contributed by atoms with Crippen molar-refractivity contribution in [3.63, 3.8) is 0 Å². The Labute approximate surface area is 231 Å². The number of fused-ring (bicyclic) bond motifs is 2. The van der Waals surface area contributed by atoms with E-state index < -0.39 is 11.4 Å². The van der Waals surface area contributed by atoms with Gasteiger partial charge in [0.25, 0.3) is 5.56 Å². The van der Waals surface area contributed by atoms with E-state index in [0.29, 0.717) is 54.7 Å². The zero-order valence-electron chi connectivity index (χ0n) is 23.2. The predicted octanol–water partition coefficient (Wildman–Crippen LogP) is 4.07. The number of nitrogens with zero attached hydrogens (tertiary/aromatic N) is 5. The fraction of sp³-hybridized carbons (Fsp3) is 0.464. The molecular weight excluding hydrogens is 519 g/mol. The Morgan fingerprint density at radius 2 is 1.82 bits per heavy atom. The number of carbonyl (C=O) groups is 1. The van der Waals surface area contributed by atoms with E-state index in [0.717, 1.165) is 4.68 Å². The van der Waals surface area contributed by atoms with Crippen molar-refractivity contribution in [1.29, 1.82) is 0 Å². The summed E-state index contributed by atoms with van der Waals surface area (Å²) in [7, 11) is 0. The van der Waals surface area contributed by atoms with Crippen LogP contribution in [0.25, 0.3) is 5.69 Å². The van der Waals surface area contributed by atoms with Gasteiger partial charge in [-0.15, -0.1) is 0 Å². The summed E-state index contributed by atoms with van der Waals surface area (Å²) >= 11 is 0. The third-order valence-electron chi connectivity index (χ3n) is 6.78. The van der Waals surface area contributed by atoms with Gasteiger partial charge < -0.3 is 19.5 Å². The lowest BCUT2D eigenvalue weighted by Gasteiger charge is -2.47. The number of anilines is 2. The maximum absolute atomic E-state index is 15.1. The third-order valence-corrected chi connectivity index (χ3v) is 6.78. The van der Waals surface area contributed by atoms with Crippen LogP contribution in [0.3, 0.4) is 0 Å². The number of amides is 1. The average molecular weight is 553 g/mol. The number of piperidine rings is 1. The molecule has 2 aliphatic rings. The van der Waals surface area contributed by atoms with Crippen molar-refractivity contribution in [1.82, 2.24) is 24.6 Å². The summed E-state index contributed by atoms with van der Waals surface area (Å²) in [6, 6.07) is 7.02. The number of nitrogens with one attached hydrogen (secondary N) is 1. The molecule has 0 spiro atoms. The van der Waals surface area contributed by atoms with Crippen LogP contribution in [0, 0.1) is 19.7 Å². The van der Waals surface area contributed by atoms with Crippen LogP contribution in [0.1, 0.15) is 44.9 Å². The van der Waals surface area contributed by atoms with Crippen molar-refractivity contribution >= 4 is 17.6 Å². The normalized spacial score (nSPS) is 20.6. The minimum atomic E-state index is -0.587. The van der Waals surface area contributed by atoms with Gasteiger partial charge in [0, 0.05) is 25.0 Å². The number of morpholine rings is 1. The second-order valence-corrected chi connectivity index (χ2v) is 11.1. The second-order valence-electron chi connectivity index (χ2n) is 11.1. The molecule has 2 bridgehead atoms. The van der Waals surface area contributed by atoms with E-state index in [1.165, 1.54) is 24.5 Å². The molecule has 3 aromatic rings. The molecule has 2 saturated heterocycles. The number of ether oxygens (including phenoxy) is 3. The number of halogens is 1. The van der Waals surface area contributed by atoms with Crippen LogP contribution >= 0.6 is 0 Å². The number of aryl methyl sites for hydroxylation is 1. The Kier molecular flexibility index (Phi) is 7.45. The zero-order chi connectivity index (χ0) is 28.6. The second kappa shape index (κ2) is 10.8. The first-order valence-corrected chi connectivity index (χ1v) is 13.2. The molecule has 2 aliphatic heterocycles. The van der Waals surface area contributed by atoms with Crippen LogP contribution in [0.5, 0.6) is 5.88 Å². The molecule has 1 aromatic carbocycles. The lowest BCUT2D eigenvalue weighted by molar-refractivity contribution is -0.0998. The van der Waals surface area contributed by atoms with E-state index in [1.807, 2.05) is 20.8 Å². The van der Waals surface area contributed by atoms with Gasteiger partial charge in [-0.1, -0.05) is 0 Å². The topological polar surface area (TPSA) is 121 Å². The lowest BCUT2D eigenvalue weighted by atomic mass is 9.92. The summed E-state index contributed by atoms with van der Waals surface area (Å²) in [6.07, 6.45) is 1.93. The van der Waals surface area contributed by atoms with Gasteiger partial charge in [-0.2, -0.15) is 9.78 Å². The average Bonchev–Trinajstić information content (AvgIpc) is 2.87. The molecule has 4 heterocycles. The van der Waals surface area contributed by atoms with E-state index in [9.17, 15) is 9.59 Å². The van der Waals surface area contributed by atoms with E-state index in [4.69, 9.17) is 14.2 Å². The van der Waals surface area contributed by atoms with Crippen molar-refractivity contribution in [2.45, 2.75) is 71.2 Å². The highest BCUT2D eigenvalue weighted by Gasteiger charge is 2.44. The number of hydrogen-bond donors (Lipinski definition) is 1. The minimum Gasteiger partial charge on any atom is -0.474 e. The molecule has 0 saturated carbocycles. The van der Waals surface area contributed by atoms with E-state index in [1.54, 1.807) is 30.9 Å². The van der Waals surface area contributed by atoms with Gasteiger partial charge in [0.15, 0.2) is 0 Å². The van der Waals surface area contributed by atoms with Crippen LogP contribution in [0.4, 0.5) is 20.7 Å². The minimum absolute atomic E-state index is 0.171. The number of carbonyl (C=O) groups excluding carboxylic acids is 1. The van der Waals surface area contributed by atoms with Gasteiger partial charge in [0.2, 0.25) is 5.88 Å². The SMILES string of the molecule is Cc1ccc(=O)n(-c2ccc(Nc3ncnc(OC4CC5COCC(C4)N5C(=O)OC(C)(C)C)c3C)c(F)c2)n1. The van der Waals surface area contributed by atoms with Gasteiger partial charge in [-0.3, -0.25) is 9.69 Å². The first kappa shape index (κ1) is 27.5. The number of aromatic nitrogens is 4. The van der Waals surface area contributed by atoms with Crippen molar-refractivity contribution in [2.75, 3.05) is 18.5 Å². The molecule has 2 aromatic heterocycles. The fourth-order valence-corrected chi connectivity index (χ4v) is 4.96. The van der Waals surface area contributed by atoms with Crippen molar-refractivity contribution in [3.05, 3.63) is 64.1 Å². The first-order chi connectivity index (χ1) is 19.0. The molecule has 0 radical (unpaired) electrons. The van der Waals surface area contributed by atoms with Crippen LogP contribution < -0.4 is 15.6 Å². The highest BCUT2D eigenvalue weighted by Crippen LogP contribution is 2.33. The van der Waals surface area contributed by atoms with Crippen molar-refractivity contribution in [3.8, 4) is 11.6 Å². The Morgan fingerprint density at radius 1 is 1.10 bits per heavy atom. The summed E-state index contributed by atoms with van der Waals surface area (Å²) < 4.78 is 33.8. The van der Waals surface area contributed by atoms with Gasteiger partial charge in [-0.25, -0.2) is 19.2 Å². The molecule has 12 heteroatoms. The van der Waals surface area contributed by atoms with Crippen LogP contribution in [-0.2, 0) is 9.47 Å². The maximum atomic E-state index is 15.1. The van der Waals surface area contributed by atoms with E-state index in [-0.39, 0.29) is 35.5 Å². The molecule has 1 amide bonds. The van der Waals surface area contributed by atoms with Crippen LogP contribution in [0.2, 0.25) is 0 Å². The Hall–Kier alpha value is -4.06. The monoisotopic (exact) mass is 552 g/mol. The smallest absolute Gasteiger partial charge is 0.410 e. The number of benzene rings is 1. The van der Waals surface area contributed by atoms with Gasteiger partial charge in [-0.05, 0) is 52.8 Å². The molecule has 2 fully saturated rings. The predicted molar refractivity (Wildman–Crippen MR) is 145 cm³/mol. The molecule has 2 unspecified atom stereocenters. The summed E-state index contributed by atoms with van der Waals surface area (Å²) in [4.78, 5) is 35.4. The fourth-order valence-electron chi connectivity index (χ4n) is 4.96. The molecule has 11 nitrogen and oxygen atoms in total. The Morgan fingerprint density at radius 3 is 2.50 bits per heavy atom. The summed E-state index contributed by atoms with van der Waals surface area (Å²) in [6.45, 7) is 9.90. The first-order valence-electron chi connectivity index (χ1n) is 13.2. The van der Waals surface area contributed by atoms with E-state index in [2.05, 4.69) is 20.4 Å². The molecule has 2 atom stereocenters. The standard InChI is InChI=1S/C28H33FN6O5/c1-16-6-9-24(36)35(33-16)18-7-8-23(22(29)12-18)32-25-17(2)26(31-15-30-25)39-21-10-19-13-38-14-20(11-21)34(19)27(37)40-28(3,4)5/h6-9,12,15,19-21H,10-11,13-14H2,1-5H3,(H,30,31,32). The third kappa shape index (κ3) is 5.91. The van der Waals surface area contributed by atoms with Crippen LogP contribution in [0.15, 0.2) is 41.5 Å². The van der Waals surface area contributed by atoms with Crippen LogP contribution in [-0.4, -0.2) is 67.7 Å². The zero-order valence-corrected chi connectivity index (χ0v) is 23.2. The summed E-state index contributed by atoms with van der Waals surface area (Å²) in [5.41, 5.74) is 0.793. The number of hydrogen-bond acceptors (Lipinski definition) is 9. The molecule has 1 N–H and O–H groups in total. The highest BCUT2D eigenvalue weighted by atomic mass is 19.1. The summed E-state index contributed by atoms with van der Waals surface area (Å²) in [5.74, 6) is 0.187. The van der Waals surface area contributed by atoms with Gasteiger partial charge >= 0.3 is 6.09 Å². The lowest BCUT2D eigenvalue weighted by Crippen LogP contribution is -2.61. The van der Waals surface area contributed by atoms with Gasteiger partial charge in [0.1, 0.15) is 29.7 Å². The maximum Gasteiger partial charge on any atom is 0.410 e. The quantitative estimate of drug-likeness (QED) is 0.499. The highest BCUT2D eigenvalue weighted by molar-refractivity contribution is 5.69. The van der Waals surface area contributed by atoms with Crippen molar-refractivity contribution in [2.24, 2.45) is 0 Å². The molecule has 5 rings (SSSR count). The largest absolute Gasteiger partial charge is 0.474 e. The van der Waals surface area contributed by atoms with Crippen molar-refractivity contribution < 1.29 is 23.4 Å². The molecular formula is C28H33FN6O5. The van der Waals surface area contributed by atoms with E-state index >= 15 is 4.39 Å². The summed E-state index contributed by atoms with van der Waals surface area (Å²) in [5, 5.41) is 7.18. The number of rotatable bonds is 5. The molecule has 212 valence electrons. The molecule has 0 aliphatic carbocycles. The Balaban J connectivity index is 1.30. The van der Waals surface area contributed by atoms with Gasteiger partial charge in [0.05, 0.1) is 47.9 Å².